The van der Waals surface area contributed by atoms with Crippen LogP contribution in [0.4, 0.5) is 4.39 Å². The van der Waals surface area contributed by atoms with Gasteiger partial charge in [-0.3, -0.25) is 9.59 Å². The minimum atomic E-state index is -0.946. The number of methoxy groups -OCH3 is 1. The molecule has 0 saturated carbocycles. The van der Waals surface area contributed by atoms with E-state index in [0.717, 1.165) is 24.2 Å². The van der Waals surface area contributed by atoms with Crippen LogP contribution in [0, 0.1) is 5.82 Å². The molecule has 0 aliphatic carbocycles. The average Bonchev–Trinajstić information content (AvgIpc) is 2.87. The number of halogens is 2. The highest BCUT2D eigenvalue weighted by Gasteiger charge is 2.22. The van der Waals surface area contributed by atoms with Crippen molar-refractivity contribution in [3.05, 3.63) is 64.4 Å². The lowest BCUT2D eigenvalue weighted by Gasteiger charge is -2.25. The number of nitrogens with one attached hydrogen (secondary N) is 2. The number of rotatable bonds is 17. The van der Waals surface area contributed by atoms with Gasteiger partial charge in [0.05, 0.1) is 19.3 Å². The minimum absolute atomic E-state index is 0.0502. The predicted octanol–water partition coefficient (Wildman–Crippen LogP) is 4.48. The van der Waals surface area contributed by atoms with Crippen LogP contribution in [0.2, 0.25) is 5.02 Å². The summed E-state index contributed by atoms with van der Waals surface area (Å²) in [7, 11) is 1.60. The second-order valence-electron chi connectivity index (χ2n) is 9.44. The van der Waals surface area contributed by atoms with E-state index in [2.05, 4.69) is 10.6 Å². The molecular formula is C29H41ClFN3O4. The van der Waals surface area contributed by atoms with E-state index in [1.54, 1.807) is 13.2 Å². The minimum Gasteiger partial charge on any atom is -0.497 e. The van der Waals surface area contributed by atoms with Crippen molar-refractivity contribution >= 4 is 23.4 Å². The molecular weight excluding hydrogens is 509 g/mol. The van der Waals surface area contributed by atoms with Gasteiger partial charge in [-0.05, 0) is 67.1 Å². The molecule has 38 heavy (non-hydrogen) atoms. The molecule has 0 spiro atoms. The number of hydrogen-bond acceptors (Lipinski definition) is 5. The molecule has 0 unspecified atom stereocenters. The fourth-order valence-corrected chi connectivity index (χ4v) is 4.54. The summed E-state index contributed by atoms with van der Waals surface area (Å²) in [4.78, 5) is 27.1. The Bertz CT molecular complexity index is 997. The molecule has 0 saturated heterocycles. The normalized spacial score (nSPS) is 12.6. The van der Waals surface area contributed by atoms with Crippen molar-refractivity contribution in [2.24, 2.45) is 0 Å². The van der Waals surface area contributed by atoms with Gasteiger partial charge in [0, 0.05) is 44.0 Å². The van der Waals surface area contributed by atoms with Crippen molar-refractivity contribution in [1.82, 2.24) is 15.5 Å². The molecule has 2 aromatic carbocycles. The molecule has 2 aromatic rings. The van der Waals surface area contributed by atoms with Crippen LogP contribution in [0.15, 0.2) is 42.5 Å². The molecule has 2 rings (SSSR count). The SMILES string of the molecule is CCCN(CCC)C(=O)CCCC(=O)N[C@@H](Cc1cc(F)cc(Cl)c1)[C@H](O)CNCc1cccc(OC)c1. The smallest absolute Gasteiger partial charge is 0.222 e. The summed E-state index contributed by atoms with van der Waals surface area (Å²) in [6.45, 7) is 6.19. The number of aliphatic hydroxyl groups excluding tert-OH is 1. The van der Waals surface area contributed by atoms with E-state index in [9.17, 15) is 19.1 Å². The predicted molar refractivity (Wildman–Crippen MR) is 149 cm³/mol. The Labute approximate surface area is 230 Å². The summed E-state index contributed by atoms with van der Waals surface area (Å²) in [5, 5.41) is 17.3. The standard InChI is InChI=1S/C29H41ClFN3O4/c1-4-12-34(13-5-2)29(37)11-7-10-28(36)33-26(17-22-14-23(30)18-24(31)15-22)27(35)20-32-19-21-8-6-9-25(16-21)38-3/h6,8-9,14-16,18,26-27,32,35H,4-5,7,10-13,17,19-20H2,1-3H3,(H,33,36)/t26-,27+/m0/s1. The topological polar surface area (TPSA) is 90.9 Å². The van der Waals surface area contributed by atoms with Crippen LogP contribution in [0.25, 0.3) is 0 Å². The van der Waals surface area contributed by atoms with Gasteiger partial charge in [0.1, 0.15) is 11.6 Å². The lowest BCUT2D eigenvalue weighted by Crippen LogP contribution is -2.48. The van der Waals surface area contributed by atoms with Gasteiger partial charge in [-0.25, -0.2) is 4.39 Å². The number of nitrogens with zero attached hydrogens (tertiary/aromatic N) is 1. The second-order valence-corrected chi connectivity index (χ2v) is 9.88. The van der Waals surface area contributed by atoms with Crippen molar-refractivity contribution in [2.45, 2.75) is 71.1 Å². The van der Waals surface area contributed by atoms with E-state index in [4.69, 9.17) is 16.3 Å². The number of carbonyl (C=O) groups is 2. The van der Waals surface area contributed by atoms with E-state index in [1.807, 2.05) is 43.0 Å². The first-order valence-electron chi connectivity index (χ1n) is 13.3. The zero-order valence-corrected chi connectivity index (χ0v) is 23.4. The molecule has 0 aliphatic heterocycles. The molecule has 0 bridgehead atoms. The molecule has 7 nitrogen and oxygen atoms in total. The Morgan fingerprint density at radius 1 is 1.08 bits per heavy atom. The van der Waals surface area contributed by atoms with Gasteiger partial charge in [-0.1, -0.05) is 37.6 Å². The van der Waals surface area contributed by atoms with E-state index < -0.39 is 18.0 Å². The Hall–Kier alpha value is -2.68. The molecule has 0 fully saturated rings. The first-order chi connectivity index (χ1) is 18.2. The fourth-order valence-electron chi connectivity index (χ4n) is 4.29. The molecule has 0 radical (unpaired) electrons. The molecule has 0 aliphatic rings. The van der Waals surface area contributed by atoms with Crippen LogP contribution >= 0.6 is 11.6 Å². The number of aliphatic hydroxyl groups is 1. The van der Waals surface area contributed by atoms with E-state index in [-0.39, 0.29) is 36.2 Å². The van der Waals surface area contributed by atoms with Crippen LogP contribution in [0.3, 0.4) is 0 Å². The lowest BCUT2D eigenvalue weighted by molar-refractivity contribution is -0.131. The van der Waals surface area contributed by atoms with Gasteiger partial charge >= 0.3 is 0 Å². The van der Waals surface area contributed by atoms with Gasteiger partial charge in [0.2, 0.25) is 11.8 Å². The molecule has 9 heteroatoms. The van der Waals surface area contributed by atoms with Gasteiger partial charge < -0.3 is 25.4 Å². The van der Waals surface area contributed by atoms with E-state index >= 15 is 0 Å². The molecule has 3 N–H and O–H groups in total. The van der Waals surface area contributed by atoms with Crippen molar-refractivity contribution in [3.8, 4) is 5.75 Å². The van der Waals surface area contributed by atoms with Crippen molar-refractivity contribution in [3.63, 3.8) is 0 Å². The lowest BCUT2D eigenvalue weighted by atomic mass is 10.00. The van der Waals surface area contributed by atoms with Crippen molar-refractivity contribution in [1.29, 1.82) is 0 Å². The third-order valence-corrected chi connectivity index (χ3v) is 6.36. The summed E-state index contributed by atoms with van der Waals surface area (Å²) >= 11 is 6.02. The first kappa shape index (κ1) is 31.5. The highest BCUT2D eigenvalue weighted by molar-refractivity contribution is 6.30. The Morgan fingerprint density at radius 3 is 2.47 bits per heavy atom. The van der Waals surface area contributed by atoms with Gasteiger partial charge in [-0.2, -0.15) is 0 Å². The second kappa shape index (κ2) is 17.0. The van der Waals surface area contributed by atoms with Crippen LogP contribution in [0.1, 0.15) is 57.1 Å². The summed E-state index contributed by atoms with van der Waals surface area (Å²) in [6.07, 6.45) is 1.90. The van der Waals surface area contributed by atoms with Gasteiger partial charge in [0.15, 0.2) is 0 Å². The van der Waals surface area contributed by atoms with Crippen LogP contribution in [-0.2, 0) is 22.6 Å². The number of ether oxygens (including phenoxy) is 1. The maximum Gasteiger partial charge on any atom is 0.222 e. The summed E-state index contributed by atoms with van der Waals surface area (Å²) in [5.41, 5.74) is 1.55. The number of carbonyl (C=O) groups excluding carboxylic acids is 2. The van der Waals surface area contributed by atoms with E-state index in [1.165, 1.54) is 12.1 Å². The third kappa shape index (κ3) is 11.4. The average molecular weight is 550 g/mol. The molecule has 2 atom stereocenters. The monoisotopic (exact) mass is 549 g/mol. The fraction of sp³-hybridized carbons (Fsp3) is 0.517. The highest BCUT2D eigenvalue weighted by Crippen LogP contribution is 2.17. The first-order valence-corrected chi connectivity index (χ1v) is 13.7. The van der Waals surface area contributed by atoms with Gasteiger partial charge in [-0.15, -0.1) is 0 Å². The zero-order chi connectivity index (χ0) is 27.9. The largest absolute Gasteiger partial charge is 0.497 e. The molecule has 210 valence electrons. The van der Waals surface area contributed by atoms with Crippen molar-refractivity contribution in [2.75, 3.05) is 26.7 Å². The Kier molecular flexibility index (Phi) is 14.1. The van der Waals surface area contributed by atoms with Gasteiger partial charge in [0.25, 0.3) is 0 Å². The van der Waals surface area contributed by atoms with Crippen LogP contribution in [-0.4, -0.2) is 60.7 Å². The maximum absolute atomic E-state index is 13.9. The number of hydrogen-bond donors (Lipinski definition) is 3. The number of amides is 2. The maximum atomic E-state index is 13.9. The molecule has 0 aromatic heterocycles. The Balaban J connectivity index is 1.97. The van der Waals surface area contributed by atoms with Crippen LogP contribution in [0.5, 0.6) is 5.75 Å². The molecule has 2 amide bonds. The van der Waals surface area contributed by atoms with E-state index in [0.29, 0.717) is 38.0 Å². The Morgan fingerprint density at radius 2 is 1.82 bits per heavy atom. The molecule has 0 heterocycles. The zero-order valence-electron chi connectivity index (χ0n) is 22.6. The quantitative estimate of drug-likeness (QED) is 0.270. The summed E-state index contributed by atoms with van der Waals surface area (Å²) in [5.74, 6) is 0.0401. The third-order valence-electron chi connectivity index (χ3n) is 6.14. The summed E-state index contributed by atoms with van der Waals surface area (Å²) in [6, 6.07) is 11.1. The van der Waals surface area contributed by atoms with Crippen LogP contribution < -0.4 is 15.4 Å². The van der Waals surface area contributed by atoms with Crippen molar-refractivity contribution < 1.29 is 23.8 Å². The highest BCUT2D eigenvalue weighted by atomic mass is 35.5. The summed E-state index contributed by atoms with van der Waals surface area (Å²) < 4.78 is 19.2. The number of benzene rings is 2.